The fourth-order valence-electron chi connectivity index (χ4n) is 1.73. The fraction of sp³-hybridized carbons (Fsp3) is 0.438. The lowest BCUT2D eigenvalue weighted by Crippen LogP contribution is -2.27. The highest BCUT2D eigenvalue weighted by Crippen LogP contribution is 2.35. The number of halogens is 6. The second-order valence-corrected chi connectivity index (χ2v) is 5.40. The van der Waals surface area contributed by atoms with Crippen LogP contribution < -0.4 is 4.74 Å². The number of rotatable bonds is 6. The summed E-state index contributed by atoms with van der Waals surface area (Å²) in [5.74, 6) is -4.95. The molecule has 140 valence electrons. The third kappa shape index (κ3) is 5.68. The Morgan fingerprint density at radius 2 is 1.60 bits per heavy atom. The van der Waals surface area contributed by atoms with Gasteiger partial charge in [-0.2, -0.15) is 26.3 Å². The van der Waals surface area contributed by atoms with Gasteiger partial charge in [-0.3, -0.25) is 4.79 Å². The van der Waals surface area contributed by atoms with Gasteiger partial charge in [0.15, 0.2) is 0 Å². The second kappa shape index (κ2) is 7.79. The third-order valence-corrected chi connectivity index (χ3v) is 3.36. The maximum absolute atomic E-state index is 12.6. The van der Waals surface area contributed by atoms with Crippen molar-refractivity contribution < 1.29 is 41.0 Å². The van der Waals surface area contributed by atoms with Crippen LogP contribution in [0.25, 0.3) is 5.57 Å². The summed E-state index contributed by atoms with van der Waals surface area (Å²) >= 11 is 0. The Morgan fingerprint density at radius 3 is 2.00 bits per heavy atom. The van der Waals surface area contributed by atoms with E-state index in [-0.39, 0.29) is 11.7 Å². The zero-order valence-electron chi connectivity index (χ0n) is 13.3. The molecule has 0 spiro atoms. The molecule has 0 saturated carbocycles. The van der Waals surface area contributed by atoms with E-state index in [0.717, 1.165) is 30.7 Å². The lowest BCUT2D eigenvalue weighted by molar-refractivity contribution is -0.165. The van der Waals surface area contributed by atoms with Gasteiger partial charge >= 0.3 is 12.4 Å². The number of carbonyl (C=O) groups excluding carboxylic acids is 1. The molecule has 0 fully saturated rings. The van der Waals surface area contributed by atoms with E-state index < -0.39 is 35.0 Å². The summed E-state index contributed by atoms with van der Waals surface area (Å²) in [5.41, 5.74) is -2.57. The van der Waals surface area contributed by atoms with E-state index in [4.69, 9.17) is 9.84 Å². The number of carbonyl (C=O) groups is 1. The van der Waals surface area contributed by atoms with E-state index in [9.17, 15) is 31.1 Å². The summed E-state index contributed by atoms with van der Waals surface area (Å²) in [4.78, 5) is 11.3. The van der Waals surface area contributed by atoms with Crippen LogP contribution in [0, 0.1) is 5.92 Å². The van der Waals surface area contributed by atoms with Gasteiger partial charge in [0.2, 0.25) is 5.76 Å². The summed E-state index contributed by atoms with van der Waals surface area (Å²) in [6, 6.07) is 3.97. The average molecular weight is 370 g/mol. The van der Waals surface area contributed by atoms with E-state index >= 15 is 0 Å². The number of ether oxygens (including phenoxy) is 1. The number of Topliss-reactive ketones (excluding diaryl/α,β-unsaturated/α-hetero) is 1. The lowest BCUT2D eigenvalue weighted by atomic mass is 9.99. The Hall–Kier alpha value is -2.19. The van der Waals surface area contributed by atoms with Gasteiger partial charge < -0.3 is 9.84 Å². The molecule has 0 aliphatic heterocycles. The quantitative estimate of drug-likeness (QED) is 0.432. The number of aliphatic hydroxyl groups is 1. The summed E-state index contributed by atoms with van der Waals surface area (Å²) in [7, 11) is 0. The van der Waals surface area contributed by atoms with Gasteiger partial charge in [0.05, 0.1) is 12.2 Å². The highest BCUT2D eigenvalue weighted by molar-refractivity contribution is 6.24. The average Bonchev–Trinajstić information content (AvgIpc) is 2.52. The van der Waals surface area contributed by atoms with Gasteiger partial charge in [-0.15, -0.1) is 0 Å². The van der Waals surface area contributed by atoms with E-state index in [0.29, 0.717) is 6.61 Å². The predicted molar refractivity (Wildman–Crippen MR) is 78.1 cm³/mol. The molecule has 0 radical (unpaired) electrons. The van der Waals surface area contributed by atoms with Crippen molar-refractivity contribution in [3.63, 3.8) is 0 Å². The van der Waals surface area contributed by atoms with Crippen molar-refractivity contribution in [3.05, 3.63) is 35.6 Å². The second-order valence-electron chi connectivity index (χ2n) is 5.40. The molecule has 1 N–H and O–H groups in total. The van der Waals surface area contributed by atoms with Crippen LogP contribution in [0.1, 0.15) is 25.8 Å². The minimum atomic E-state index is -5.57. The standard InChI is InChI=1S/C16H16F6O3/c1-3-9(2)8-25-11-6-4-10(5-7-11)12(13(23)15(17,18)19)14(24)16(20,21)22/h4-7,9,23H,3,8H2,1-2H3/b13-12-. The van der Waals surface area contributed by atoms with Crippen molar-refractivity contribution in [1.82, 2.24) is 0 Å². The molecule has 3 nitrogen and oxygen atoms in total. The van der Waals surface area contributed by atoms with E-state index in [1.54, 1.807) is 0 Å². The van der Waals surface area contributed by atoms with Crippen molar-refractivity contribution in [2.45, 2.75) is 32.6 Å². The van der Waals surface area contributed by atoms with Crippen molar-refractivity contribution in [2.24, 2.45) is 5.92 Å². The Bertz CT molecular complexity index is 629. The van der Waals surface area contributed by atoms with Gasteiger partial charge in [-0.1, -0.05) is 32.4 Å². The van der Waals surface area contributed by atoms with Crippen LogP contribution >= 0.6 is 0 Å². The fourth-order valence-corrected chi connectivity index (χ4v) is 1.73. The smallest absolute Gasteiger partial charge is 0.455 e. The predicted octanol–water partition coefficient (Wildman–Crippen LogP) is 5.07. The number of hydrogen-bond acceptors (Lipinski definition) is 3. The summed E-state index contributed by atoms with van der Waals surface area (Å²) in [6.07, 6.45) is -10.2. The molecule has 0 heterocycles. The van der Waals surface area contributed by atoms with Crippen LogP contribution in [-0.2, 0) is 4.79 Å². The number of aliphatic hydroxyl groups excluding tert-OH is 1. The molecular weight excluding hydrogens is 354 g/mol. The summed E-state index contributed by atoms with van der Waals surface area (Å²) in [6.45, 7) is 4.14. The van der Waals surface area contributed by atoms with Crippen LogP contribution in [0.4, 0.5) is 26.3 Å². The maximum atomic E-state index is 12.6. The summed E-state index contributed by atoms with van der Waals surface area (Å²) < 4.78 is 80.9. The van der Waals surface area contributed by atoms with E-state index in [2.05, 4.69) is 0 Å². The van der Waals surface area contributed by atoms with Crippen LogP contribution in [-0.4, -0.2) is 29.8 Å². The van der Waals surface area contributed by atoms with Gasteiger partial charge in [0.1, 0.15) is 5.75 Å². The molecule has 9 heteroatoms. The summed E-state index contributed by atoms with van der Waals surface area (Å²) in [5, 5.41) is 9.11. The van der Waals surface area contributed by atoms with Gasteiger partial charge in [-0.25, -0.2) is 0 Å². The van der Waals surface area contributed by atoms with E-state index in [1.807, 2.05) is 13.8 Å². The molecule has 25 heavy (non-hydrogen) atoms. The lowest BCUT2D eigenvalue weighted by Gasteiger charge is -2.15. The van der Waals surface area contributed by atoms with Crippen molar-refractivity contribution >= 4 is 11.4 Å². The molecule has 0 bridgehead atoms. The third-order valence-electron chi connectivity index (χ3n) is 3.36. The van der Waals surface area contributed by atoms with E-state index in [1.165, 1.54) is 0 Å². The number of benzene rings is 1. The van der Waals surface area contributed by atoms with Crippen LogP contribution in [0.15, 0.2) is 30.0 Å². The first-order valence-corrected chi connectivity index (χ1v) is 7.23. The Morgan fingerprint density at radius 1 is 1.08 bits per heavy atom. The Kier molecular flexibility index (Phi) is 6.50. The molecule has 1 aromatic carbocycles. The topological polar surface area (TPSA) is 46.5 Å². The first kappa shape index (κ1) is 20.9. The molecule has 0 saturated heterocycles. The van der Waals surface area contributed by atoms with Crippen molar-refractivity contribution in [2.75, 3.05) is 6.61 Å². The minimum absolute atomic E-state index is 0.205. The van der Waals surface area contributed by atoms with Gasteiger partial charge in [-0.05, 0) is 23.6 Å². The molecule has 0 aromatic heterocycles. The Balaban J connectivity index is 3.23. The molecule has 1 rings (SSSR count). The minimum Gasteiger partial charge on any atom is -0.504 e. The molecule has 0 aliphatic rings. The molecule has 1 atom stereocenters. The zero-order valence-corrected chi connectivity index (χ0v) is 13.3. The number of allylic oxidation sites excluding steroid dienone is 2. The molecule has 1 unspecified atom stereocenters. The Labute approximate surface area is 139 Å². The van der Waals surface area contributed by atoms with Crippen molar-refractivity contribution in [3.8, 4) is 5.75 Å². The highest BCUT2D eigenvalue weighted by atomic mass is 19.4. The largest absolute Gasteiger partial charge is 0.504 e. The normalized spacial score (nSPS) is 14.7. The monoisotopic (exact) mass is 370 g/mol. The number of hydrogen-bond donors (Lipinski definition) is 1. The number of alkyl halides is 6. The zero-order chi connectivity index (χ0) is 19.4. The number of ketones is 1. The van der Waals surface area contributed by atoms with Crippen LogP contribution in [0.5, 0.6) is 5.75 Å². The first-order valence-electron chi connectivity index (χ1n) is 7.23. The van der Waals surface area contributed by atoms with Crippen LogP contribution in [0.2, 0.25) is 0 Å². The van der Waals surface area contributed by atoms with Crippen molar-refractivity contribution in [1.29, 1.82) is 0 Å². The molecule has 0 amide bonds. The first-order chi connectivity index (χ1) is 11.4. The highest BCUT2D eigenvalue weighted by Gasteiger charge is 2.47. The SMILES string of the molecule is CCC(C)COc1ccc(/C(C(=O)C(F)(F)F)=C(/O)C(F)(F)F)cc1. The van der Waals surface area contributed by atoms with Gasteiger partial charge in [0.25, 0.3) is 5.78 Å². The van der Waals surface area contributed by atoms with Crippen LogP contribution in [0.3, 0.4) is 0 Å². The molecular formula is C16H16F6O3. The van der Waals surface area contributed by atoms with Gasteiger partial charge in [0, 0.05) is 0 Å². The molecule has 1 aromatic rings. The maximum Gasteiger partial charge on any atom is 0.455 e. The molecule has 0 aliphatic carbocycles.